The topological polar surface area (TPSA) is 49.1 Å². The van der Waals surface area contributed by atoms with Crippen molar-refractivity contribution in [2.24, 2.45) is 0 Å². The number of carbonyl (C=O) groups excluding carboxylic acids is 1. The molecule has 0 fully saturated rings. The minimum Gasteiger partial charge on any atom is -0.462 e. The van der Waals surface area contributed by atoms with Crippen LogP contribution in [0.5, 0.6) is 0 Å². The fourth-order valence-corrected chi connectivity index (χ4v) is 5.31. The van der Waals surface area contributed by atoms with Gasteiger partial charge < -0.3 is 4.74 Å². The first-order valence-corrected chi connectivity index (χ1v) is 11.7. The lowest BCUT2D eigenvalue weighted by atomic mass is 10.2. The molecule has 10 heteroatoms. The Kier molecular flexibility index (Phi) is 6.60. The number of benzene rings is 2. The first-order chi connectivity index (χ1) is 15.4. The highest BCUT2D eigenvalue weighted by Crippen LogP contribution is 2.45. The monoisotopic (exact) mass is 539 g/mol. The van der Waals surface area contributed by atoms with E-state index < -0.39 is 17.6 Å². The van der Waals surface area contributed by atoms with Gasteiger partial charge in [0, 0.05) is 23.0 Å². The van der Waals surface area contributed by atoms with Gasteiger partial charge >= 0.3 is 5.97 Å². The zero-order valence-corrected chi connectivity index (χ0v) is 20.2. The third kappa shape index (κ3) is 3.93. The highest BCUT2D eigenvalue weighted by Gasteiger charge is 2.24. The van der Waals surface area contributed by atoms with Crippen LogP contribution in [0.4, 0.5) is 8.78 Å². The van der Waals surface area contributed by atoms with Crippen molar-refractivity contribution in [3.05, 3.63) is 69.5 Å². The number of ether oxygens (including phenoxy) is 1. The molecule has 0 saturated heterocycles. The van der Waals surface area contributed by atoms with Crippen molar-refractivity contribution in [2.75, 3.05) is 6.61 Å². The van der Waals surface area contributed by atoms with Crippen LogP contribution in [0.3, 0.4) is 0 Å². The number of aryl methyl sites for hydroxylation is 1. The standard InChI is InChI=1S/C22H17BrClF2N3O2S/c1-3-28-11-12(10-27-28)29-19-14(8-9-15(24)18(19)26)20(21(29)23)32-16-7-5-6-13(17(16)25)22(30)31-4-2/h5-11H,3-4H2,1-2H3. The second-order valence-electron chi connectivity index (χ2n) is 6.71. The van der Waals surface area contributed by atoms with Crippen molar-refractivity contribution in [3.63, 3.8) is 0 Å². The molecule has 0 spiro atoms. The van der Waals surface area contributed by atoms with Crippen LogP contribution in [0.25, 0.3) is 16.6 Å². The zero-order chi connectivity index (χ0) is 23.0. The Bertz CT molecular complexity index is 1340. The van der Waals surface area contributed by atoms with E-state index in [1.54, 1.807) is 46.8 Å². The first kappa shape index (κ1) is 22.8. The van der Waals surface area contributed by atoms with E-state index in [1.165, 1.54) is 12.1 Å². The summed E-state index contributed by atoms with van der Waals surface area (Å²) in [6, 6.07) is 7.64. The molecule has 0 aliphatic rings. The van der Waals surface area contributed by atoms with Gasteiger partial charge in [-0.1, -0.05) is 29.4 Å². The minimum absolute atomic E-state index is 0.0290. The molecule has 0 aliphatic carbocycles. The molecular formula is C22H17BrClF2N3O2S. The third-order valence-corrected chi connectivity index (χ3v) is 7.25. The van der Waals surface area contributed by atoms with Gasteiger partial charge in [0.2, 0.25) is 0 Å². The Balaban J connectivity index is 1.90. The van der Waals surface area contributed by atoms with E-state index in [0.29, 0.717) is 27.1 Å². The molecule has 2 aromatic carbocycles. The van der Waals surface area contributed by atoms with E-state index in [-0.39, 0.29) is 27.6 Å². The predicted molar refractivity (Wildman–Crippen MR) is 124 cm³/mol. The number of nitrogens with zero attached hydrogens (tertiary/aromatic N) is 3. The maximum atomic E-state index is 15.2. The molecule has 0 bridgehead atoms. The van der Waals surface area contributed by atoms with Gasteiger partial charge in [0.05, 0.1) is 39.5 Å². The smallest absolute Gasteiger partial charge is 0.341 e. The molecule has 0 N–H and O–H groups in total. The van der Waals surface area contributed by atoms with E-state index in [1.807, 2.05) is 6.92 Å². The van der Waals surface area contributed by atoms with Crippen LogP contribution in [-0.2, 0) is 11.3 Å². The van der Waals surface area contributed by atoms with E-state index in [0.717, 1.165) is 11.8 Å². The van der Waals surface area contributed by atoms with Crippen molar-refractivity contribution < 1.29 is 18.3 Å². The van der Waals surface area contributed by atoms with Gasteiger partial charge in [0.1, 0.15) is 4.60 Å². The number of hydrogen-bond donors (Lipinski definition) is 0. The second kappa shape index (κ2) is 9.25. The van der Waals surface area contributed by atoms with Gasteiger partial charge in [0.15, 0.2) is 11.6 Å². The molecule has 2 aromatic heterocycles. The summed E-state index contributed by atoms with van der Waals surface area (Å²) < 4.78 is 39.1. The molecule has 166 valence electrons. The van der Waals surface area contributed by atoms with Crippen molar-refractivity contribution in [1.82, 2.24) is 14.3 Å². The largest absolute Gasteiger partial charge is 0.462 e. The summed E-state index contributed by atoms with van der Waals surface area (Å²) in [5, 5.41) is 4.78. The number of aromatic nitrogens is 3. The van der Waals surface area contributed by atoms with Gasteiger partial charge in [-0.2, -0.15) is 5.10 Å². The Morgan fingerprint density at radius 1 is 1.22 bits per heavy atom. The predicted octanol–water partition coefficient (Wildman–Crippen LogP) is 6.87. The molecule has 0 amide bonds. The van der Waals surface area contributed by atoms with Crippen LogP contribution in [0.2, 0.25) is 5.02 Å². The summed E-state index contributed by atoms with van der Waals surface area (Å²) in [6.07, 6.45) is 3.39. The summed E-state index contributed by atoms with van der Waals surface area (Å²) >= 11 is 10.7. The fraction of sp³-hybridized carbons (Fsp3) is 0.182. The van der Waals surface area contributed by atoms with Gasteiger partial charge in [-0.15, -0.1) is 0 Å². The van der Waals surface area contributed by atoms with Crippen molar-refractivity contribution in [2.45, 2.75) is 30.2 Å². The fourth-order valence-electron chi connectivity index (χ4n) is 3.30. The van der Waals surface area contributed by atoms with Gasteiger partial charge in [-0.05, 0) is 54.0 Å². The number of hydrogen-bond acceptors (Lipinski definition) is 4. The lowest BCUT2D eigenvalue weighted by Crippen LogP contribution is -2.07. The summed E-state index contributed by atoms with van der Waals surface area (Å²) in [5.74, 6) is -2.03. The van der Waals surface area contributed by atoms with E-state index in [2.05, 4.69) is 21.0 Å². The number of fused-ring (bicyclic) bond motifs is 1. The average Bonchev–Trinajstić information content (AvgIpc) is 3.35. The lowest BCUT2D eigenvalue weighted by molar-refractivity contribution is 0.0520. The molecule has 32 heavy (non-hydrogen) atoms. The molecule has 5 nitrogen and oxygen atoms in total. The van der Waals surface area contributed by atoms with Gasteiger partial charge in [-0.3, -0.25) is 9.25 Å². The molecule has 0 radical (unpaired) electrons. The molecular weight excluding hydrogens is 524 g/mol. The van der Waals surface area contributed by atoms with Crippen molar-refractivity contribution in [3.8, 4) is 5.69 Å². The molecule has 4 rings (SSSR count). The number of rotatable bonds is 6. The van der Waals surface area contributed by atoms with Gasteiger partial charge in [-0.25, -0.2) is 13.6 Å². The quantitative estimate of drug-likeness (QED) is 0.251. The van der Waals surface area contributed by atoms with Crippen LogP contribution >= 0.6 is 39.3 Å². The maximum absolute atomic E-state index is 15.2. The highest BCUT2D eigenvalue weighted by molar-refractivity contribution is 9.10. The molecule has 0 atom stereocenters. The summed E-state index contributed by atoms with van der Waals surface area (Å²) in [4.78, 5) is 12.9. The maximum Gasteiger partial charge on any atom is 0.341 e. The molecule has 4 aromatic rings. The second-order valence-corrected chi connectivity index (χ2v) is 8.92. The molecule has 0 aliphatic heterocycles. The van der Waals surface area contributed by atoms with E-state index in [9.17, 15) is 4.79 Å². The van der Waals surface area contributed by atoms with Crippen LogP contribution < -0.4 is 0 Å². The van der Waals surface area contributed by atoms with Crippen LogP contribution in [-0.4, -0.2) is 26.9 Å². The summed E-state index contributed by atoms with van der Waals surface area (Å²) in [5.41, 5.74) is 0.706. The Morgan fingerprint density at radius 3 is 2.69 bits per heavy atom. The Labute approximate surface area is 200 Å². The third-order valence-electron chi connectivity index (χ3n) is 4.79. The number of esters is 1. The van der Waals surface area contributed by atoms with E-state index >= 15 is 8.78 Å². The zero-order valence-electron chi connectivity index (χ0n) is 17.0. The van der Waals surface area contributed by atoms with Crippen molar-refractivity contribution in [1.29, 1.82) is 0 Å². The molecule has 0 saturated carbocycles. The van der Waals surface area contributed by atoms with Gasteiger partial charge in [0.25, 0.3) is 0 Å². The number of halogens is 4. The normalized spacial score (nSPS) is 11.3. The van der Waals surface area contributed by atoms with E-state index in [4.69, 9.17) is 16.3 Å². The average molecular weight is 541 g/mol. The first-order valence-electron chi connectivity index (χ1n) is 9.71. The minimum atomic E-state index is -0.737. The molecule has 2 heterocycles. The summed E-state index contributed by atoms with van der Waals surface area (Å²) in [7, 11) is 0. The van der Waals surface area contributed by atoms with Crippen LogP contribution in [0.1, 0.15) is 24.2 Å². The van der Waals surface area contributed by atoms with Crippen LogP contribution in [0.15, 0.2) is 57.1 Å². The van der Waals surface area contributed by atoms with Crippen LogP contribution in [0, 0.1) is 11.6 Å². The Morgan fingerprint density at radius 2 is 2.00 bits per heavy atom. The highest BCUT2D eigenvalue weighted by atomic mass is 79.9. The SMILES string of the molecule is CCOC(=O)c1cccc(Sc2c(Br)n(-c3cnn(CC)c3)c3c(F)c(Cl)ccc23)c1F. The number of carbonyl (C=O) groups is 1. The molecule has 0 unspecified atom stereocenters. The summed E-state index contributed by atoms with van der Waals surface area (Å²) in [6.45, 7) is 4.38. The lowest BCUT2D eigenvalue weighted by Gasteiger charge is -2.08. The Hall–Kier alpha value is -2.36. The van der Waals surface area contributed by atoms with Crippen molar-refractivity contribution >= 4 is 56.2 Å².